The van der Waals surface area contributed by atoms with Crippen LogP contribution in [0.2, 0.25) is 0 Å². The van der Waals surface area contributed by atoms with E-state index in [2.05, 4.69) is 36.8 Å². The number of benzene rings is 2. The van der Waals surface area contributed by atoms with E-state index in [0.717, 1.165) is 10.2 Å². The number of nitrogens with one attached hydrogen (secondary N) is 2. The van der Waals surface area contributed by atoms with E-state index in [1.165, 1.54) is 23.1 Å². The molecule has 9 heteroatoms. The third-order valence-electron chi connectivity index (χ3n) is 3.12. The van der Waals surface area contributed by atoms with Gasteiger partial charge in [0.2, 0.25) is 11.0 Å². The molecule has 0 fully saturated rings. The quantitative estimate of drug-likeness (QED) is 0.434. The lowest BCUT2D eigenvalue weighted by molar-refractivity contribution is -0.113. The Labute approximate surface area is 166 Å². The van der Waals surface area contributed by atoms with Crippen LogP contribution in [-0.2, 0) is 4.79 Å². The van der Waals surface area contributed by atoms with E-state index in [9.17, 15) is 9.59 Å². The van der Waals surface area contributed by atoms with E-state index < -0.39 is 0 Å². The fourth-order valence-corrected chi connectivity index (χ4v) is 3.75. The Hall–Kier alpha value is -2.23. The first-order valence-electron chi connectivity index (χ1n) is 7.48. The molecule has 0 atom stereocenters. The van der Waals surface area contributed by atoms with Crippen molar-refractivity contribution in [1.82, 2.24) is 10.2 Å². The van der Waals surface area contributed by atoms with Gasteiger partial charge < -0.3 is 5.32 Å². The van der Waals surface area contributed by atoms with Crippen molar-refractivity contribution in [1.29, 1.82) is 0 Å². The van der Waals surface area contributed by atoms with Crippen molar-refractivity contribution in [2.75, 3.05) is 16.4 Å². The normalized spacial score (nSPS) is 10.3. The summed E-state index contributed by atoms with van der Waals surface area (Å²) in [6, 6.07) is 16.2. The molecule has 26 heavy (non-hydrogen) atoms. The zero-order chi connectivity index (χ0) is 18.4. The Morgan fingerprint density at radius 2 is 1.73 bits per heavy atom. The van der Waals surface area contributed by atoms with Gasteiger partial charge in [0.15, 0.2) is 4.34 Å². The average molecular weight is 449 g/mol. The molecule has 132 valence electrons. The lowest BCUT2D eigenvalue weighted by Crippen LogP contribution is -2.13. The molecule has 2 amide bonds. The molecular weight excluding hydrogens is 436 g/mol. The predicted octanol–water partition coefficient (Wildman–Crippen LogP) is 4.28. The molecule has 3 rings (SSSR count). The van der Waals surface area contributed by atoms with Crippen molar-refractivity contribution < 1.29 is 9.59 Å². The second-order valence-electron chi connectivity index (χ2n) is 5.04. The number of hydrogen-bond acceptors (Lipinski definition) is 6. The molecule has 2 aromatic carbocycles. The van der Waals surface area contributed by atoms with Gasteiger partial charge in [0.05, 0.1) is 5.75 Å². The van der Waals surface area contributed by atoms with Gasteiger partial charge in [-0.3, -0.25) is 14.9 Å². The number of aromatic nitrogens is 2. The van der Waals surface area contributed by atoms with Crippen LogP contribution < -0.4 is 10.6 Å². The topological polar surface area (TPSA) is 84.0 Å². The van der Waals surface area contributed by atoms with Gasteiger partial charge in [-0.25, -0.2) is 0 Å². The highest BCUT2D eigenvalue weighted by Crippen LogP contribution is 2.26. The average Bonchev–Trinajstić information content (AvgIpc) is 3.10. The third kappa shape index (κ3) is 5.38. The molecule has 0 bridgehead atoms. The van der Waals surface area contributed by atoms with Gasteiger partial charge >= 0.3 is 0 Å². The molecule has 1 aromatic heterocycles. The molecule has 0 radical (unpaired) electrons. The molecule has 0 aliphatic heterocycles. The summed E-state index contributed by atoms with van der Waals surface area (Å²) in [7, 11) is 0. The van der Waals surface area contributed by atoms with Crippen LogP contribution in [0.3, 0.4) is 0 Å². The van der Waals surface area contributed by atoms with E-state index in [4.69, 9.17) is 0 Å². The summed E-state index contributed by atoms with van der Waals surface area (Å²) >= 11 is 5.84. The van der Waals surface area contributed by atoms with Crippen molar-refractivity contribution in [2.24, 2.45) is 0 Å². The number of hydrogen-bond donors (Lipinski definition) is 2. The van der Waals surface area contributed by atoms with Crippen LogP contribution in [0.5, 0.6) is 0 Å². The molecule has 0 unspecified atom stereocenters. The molecule has 1 heterocycles. The lowest BCUT2D eigenvalue weighted by Gasteiger charge is -2.03. The molecule has 3 aromatic rings. The van der Waals surface area contributed by atoms with Gasteiger partial charge in [-0.15, -0.1) is 10.2 Å². The minimum absolute atomic E-state index is 0.137. The zero-order valence-corrected chi connectivity index (χ0v) is 16.5. The van der Waals surface area contributed by atoms with Crippen LogP contribution in [0.1, 0.15) is 10.4 Å². The molecule has 2 N–H and O–H groups in total. The molecule has 0 aliphatic carbocycles. The second kappa shape index (κ2) is 8.93. The molecule has 0 saturated carbocycles. The van der Waals surface area contributed by atoms with Crippen LogP contribution in [0.25, 0.3) is 0 Å². The highest BCUT2D eigenvalue weighted by molar-refractivity contribution is 9.10. The van der Waals surface area contributed by atoms with Gasteiger partial charge in [-0.1, -0.05) is 57.2 Å². The molecular formula is C17H13BrN4O2S2. The van der Waals surface area contributed by atoms with E-state index in [1.54, 1.807) is 24.3 Å². The highest BCUT2D eigenvalue weighted by Gasteiger charge is 2.11. The maximum atomic E-state index is 12.1. The summed E-state index contributed by atoms with van der Waals surface area (Å²) in [5, 5.41) is 13.8. The molecule has 0 spiro atoms. The first-order valence-corrected chi connectivity index (χ1v) is 10.1. The van der Waals surface area contributed by atoms with Crippen molar-refractivity contribution in [2.45, 2.75) is 4.34 Å². The maximum absolute atomic E-state index is 12.1. The lowest BCUT2D eigenvalue weighted by atomic mass is 10.2. The molecule has 6 nitrogen and oxygen atoms in total. The van der Waals surface area contributed by atoms with Crippen molar-refractivity contribution in [3.63, 3.8) is 0 Å². The summed E-state index contributed by atoms with van der Waals surface area (Å²) in [6.07, 6.45) is 0. The van der Waals surface area contributed by atoms with Gasteiger partial charge in [0.1, 0.15) is 0 Å². The second-order valence-corrected chi connectivity index (χ2v) is 8.15. The largest absolute Gasteiger partial charge is 0.325 e. The van der Waals surface area contributed by atoms with Crippen molar-refractivity contribution in [3.05, 3.63) is 64.6 Å². The smallest absolute Gasteiger partial charge is 0.257 e. The van der Waals surface area contributed by atoms with Gasteiger partial charge in [-0.05, 0) is 36.4 Å². The standard InChI is InChI=1S/C17H13BrN4O2S2/c18-12-6-8-13(9-7-12)19-14(23)10-25-17-22-21-16(26-17)20-15(24)11-4-2-1-3-5-11/h1-9H,10H2,(H,19,23)(H,20,21,24). The summed E-state index contributed by atoms with van der Waals surface area (Å²) in [5.41, 5.74) is 1.28. The fraction of sp³-hybridized carbons (Fsp3) is 0.0588. The Morgan fingerprint density at radius 3 is 2.46 bits per heavy atom. The van der Waals surface area contributed by atoms with Gasteiger partial charge in [0.25, 0.3) is 5.91 Å². The number of carbonyl (C=O) groups excluding carboxylic acids is 2. The predicted molar refractivity (Wildman–Crippen MR) is 108 cm³/mol. The molecule has 0 aliphatic rings. The fourth-order valence-electron chi connectivity index (χ4n) is 1.94. The van der Waals surface area contributed by atoms with Crippen LogP contribution in [-0.4, -0.2) is 27.8 Å². The van der Waals surface area contributed by atoms with E-state index in [-0.39, 0.29) is 17.6 Å². The number of carbonyl (C=O) groups is 2. The first-order chi connectivity index (χ1) is 12.6. The van der Waals surface area contributed by atoms with Crippen molar-refractivity contribution in [3.8, 4) is 0 Å². The van der Waals surface area contributed by atoms with Crippen LogP contribution >= 0.6 is 39.0 Å². The Balaban J connectivity index is 1.49. The summed E-state index contributed by atoms with van der Waals surface area (Å²) < 4.78 is 1.56. The number of anilines is 2. The van der Waals surface area contributed by atoms with Crippen molar-refractivity contribution >= 4 is 61.7 Å². The van der Waals surface area contributed by atoms with E-state index in [1.807, 2.05) is 30.3 Å². The monoisotopic (exact) mass is 448 g/mol. The van der Waals surface area contributed by atoms with Crippen LogP contribution in [0, 0.1) is 0 Å². The number of rotatable bonds is 6. The Kier molecular flexibility index (Phi) is 6.37. The number of thioether (sulfide) groups is 1. The van der Waals surface area contributed by atoms with Crippen LogP contribution in [0.15, 0.2) is 63.4 Å². The van der Waals surface area contributed by atoms with Gasteiger partial charge in [-0.2, -0.15) is 0 Å². The summed E-state index contributed by atoms with van der Waals surface area (Å²) in [6.45, 7) is 0. The number of halogens is 1. The Bertz CT molecular complexity index is 901. The minimum Gasteiger partial charge on any atom is -0.325 e. The first kappa shape index (κ1) is 18.6. The SMILES string of the molecule is O=C(CSc1nnc(NC(=O)c2ccccc2)s1)Nc1ccc(Br)cc1. The van der Waals surface area contributed by atoms with Gasteiger partial charge in [0, 0.05) is 15.7 Å². The van der Waals surface area contributed by atoms with Crippen LogP contribution in [0.4, 0.5) is 10.8 Å². The van der Waals surface area contributed by atoms with E-state index in [0.29, 0.717) is 15.0 Å². The molecule has 0 saturated heterocycles. The third-order valence-corrected chi connectivity index (χ3v) is 5.62. The van der Waals surface area contributed by atoms with E-state index >= 15 is 0 Å². The summed E-state index contributed by atoms with van der Waals surface area (Å²) in [4.78, 5) is 24.1. The number of nitrogens with zero attached hydrogens (tertiary/aromatic N) is 2. The number of amides is 2. The summed E-state index contributed by atoms with van der Waals surface area (Å²) in [5.74, 6) is -0.175. The highest BCUT2D eigenvalue weighted by atomic mass is 79.9. The Morgan fingerprint density at radius 1 is 1.00 bits per heavy atom. The maximum Gasteiger partial charge on any atom is 0.257 e. The minimum atomic E-state index is -0.244. The zero-order valence-electron chi connectivity index (χ0n) is 13.3.